The van der Waals surface area contributed by atoms with E-state index in [1.54, 1.807) is 0 Å². The summed E-state index contributed by atoms with van der Waals surface area (Å²) in [5.74, 6) is 0. The van der Waals surface area contributed by atoms with Gasteiger partial charge in [0.15, 0.2) is 0 Å². The average molecular weight is 352 g/mol. The number of nitrogens with two attached hydrogens (primary N) is 1. The Morgan fingerprint density at radius 1 is 1.11 bits per heavy atom. The van der Waals surface area contributed by atoms with Gasteiger partial charge in [0.05, 0.1) is 12.6 Å². The van der Waals surface area contributed by atoms with Crippen LogP contribution >= 0.6 is 0 Å². The first kappa shape index (κ1) is 28.4. The normalized spacial score (nSPS) is 16.4. The SMILES string of the molecule is N[C@@H](C=O)[C@@H](O)[C@H](O)[C@H](O)CO.O=S(=O)(O)O.[Cl-].[K+]. The molecule has 0 fully saturated rings. The second-order valence-corrected chi connectivity index (χ2v) is 3.79. The largest absolute Gasteiger partial charge is 1.00 e. The van der Waals surface area contributed by atoms with Gasteiger partial charge in [-0.2, -0.15) is 8.42 Å². The van der Waals surface area contributed by atoms with Gasteiger partial charge in [-0.1, -0.05) is 0 Å². The Balaban J connectivity index is -0.000000139. The monoisotopic (exact) mass is 351 g/mol. The maximum Gasteiger partial charge on any atom is 1.00 e. The van der Waals surface area contributed by atoms with Gasteiger partial charge < -0.3 is 43.4 Å². The van der Waals surface area contributed by atoms with Crippen molar-refractivity contribution in [3.05, 3.63) is 0 Å². The zero-order valence-corrected chi connectivity index (χ0v) is 14.6. The first-order valence-corrected chi connectivity index (χ1v) is 5.50. The molecule has 0 saturated heterocycles. The summed E-state index contributed by atoms with van der Waals surface area (Å²) < 4.78 is 31.6. The number of hydrogen-bond donors (Lipinski definition) is 7. The van der Waals surface area contributed by atoms with E-state index in [4.69, 9.17) is 43.7 Å². The van der Waals surface area contributed by atoms with Crippen molar-refractivity contribution in [1.82, 2.24) is 0 Å². The van der Waals surface area contributed by atoms with Crippen LogP contribution < -0.4 is 69.5 Å². The average Bonchev–Trinajstić information content (AvgIpc) is 2.22. The summed E-state index contributed by atoms with van der Waals surface area (Å²) in [4.78, 5) is 10.0. The van der Waals surface area contributed by atoms with Gasteiger partial charge in [0.2, 0.25) is 0 Å². The van der Waals surface area contributed by atoms with Crippen LogP contribution in [-0.2, 0) is 15.2 Å². The van der Waals surface area contributed by atoms with Gasteiger partial charge >= 0.3 is 61.8 Å². The molecule has 0 saturated carbocycles. The molecule has 0 bridgehead atoms. The predicted octanol–water partition coefficient (Wildman–Crippen LogP) is -10.1. The predicted molar refractivity (Wildman–Crippen MR) is 53.3 cm³/mol. The molecule has 4 atom stereocenters. The Morgan fingerprint density at radius 3 is 1.63 bits per heavy atom. The molecule has 0 rings (SSSR count). The van der Waals surface area contributed by atoms with E-state index in [2.05, 4.69) is 0 Å². The van der Waals surface area contributed by atoms with E-state index in [0.717, 1.165) is 0 Å². The number of rotatable bonds is 5. The van der Waals surface area contributed by atoms with Crippen LogP contribution in [-0.4, -0.2) is 75.2 Å². The van der Waals surface area contributed by atoms with E-state index in [1.807, 2.05) is 0 Å². The molecule has 0 aromatic carbocycles. The van der Waals surface area contributed by atoms with Gasteiger partial charge in [0.1, 0.15) is 24.6 Å². The molecule has 8 N–H and O–H groups in total. The van der Waals surface area contributed by atoms with E-state index in [1.165, 1.54) is 0 Å². The van der Waals surface area contributed by atoms with Crippen molar-refractivity contribution in [1.29, 1.82) is 0 Å². The molecule has 0 spiro atoms. The number of carbonyl (C=O) groups is 1. The van der Waals surface area contributed by atoms with E-state index < -0.39 is 41.4 Å². The summed E-state index contributed by atoms with van der Waals surface area (Å²) >= 11 is 0. The van der Waals surface area contributed by atoms with Gasteiger partial charge in [-0.3, -0.25) is 9.11 Å². The van der Waals surface area contributed by atoms with Gasteiger partial charge in [0.25, 0.3) is 0 Å². The number of aliphatic hydroxyl groups excluding tert-OH is 4. The van der Waals surface area contributed by atoms with Gasteiger partial charge in [-0.25, -0.2) is 0 Å². The van der Waals surface area contributed by atoms with Crippen LogP contribution in [0.15, 0.2) is 0 Å². The molecular formula is C6H15ClKNO9S. The van der Waals surface area contributed by atoms with E-state index >= 15 is 0 Å². The summed E-state index contributed by atoms with van der Waals surface area (Å²) in [5, 5.41) is 35.2. The zero-order chi connectivity index (χ0) is 14.2. The maximum atomic E-state index is 10.0. The molecule has 0 heterocycles. The summed E-state index contributed by atoms with van der Waals surface area (Å²) in [6.45, 7) is -0.705. The number of hydrogen-bond acceptors (Lipinski definition) is 8. The van der Waals surface area contributed by atoms with Crippen LogP contribution in [0.25, 0.3) is 0 Å². The molecular weight excluding hydrogens is 337 g/mol. The Hall–Kier alpha value is 1.27. The minimum atomic E-state index is -4.67. The summed E-state index contributed by atoms with van der Waals surface area (Å²) in [6.07, 6.45) is -4.43. The van der Waals surface area contributed by atoms with E-state index in [-0.39, 0.29) is 70.1 Å². The summed E-state index contributed by atoms with van der Waals surface area (Å²) in [7, 11) is -4.67. The summed E-state index contributed by atoms with van der Waals surface area (Å²) in [5.41, 5.74) is 5.04. The van der Waals surface area contributed by atoms with Gasteiger partial charge in [-0.15, -0.1) is 0 Å². The van der Waals surface area contributed by atoms with Crippen LogP contribution in [0.1, 0.15) is 0 Å². The molecule has 0 aromatic rings. The quantitative estimate of drug-likeness (QED) is 0.142. The molecule has 0 aliphatic rings. The van der Waals surface area contributed by atoms with E-state index in [0.29, 0.717) is 0 Å². The first-order chi connectivity index (χ1) is 7.54. The topological polar surface area (TPSA) is 199 Å². The number of aldehydes is 1. The second-order valence-electron chi connectivity index (χ2n) is 2.89. The van der Waals surface area contributed by atoms with Crippen LogP contribution in [0.3, 0.4) is 0 Å². The third kappa shape index (κ3) is 19.3. The van der Waals surface area contributed by atoms with E-state index in [9.17, 15) is 4.79 Å². The van der Waals surface area contributed by atoms with Crippen molar-refractivity contribution in [3.63, 3.8) is 0 Å². The van der Waals surface area contributed by atoms with Gasteiger partial charge in [-0.05, 0) is 0 Å². The van der Waals surface area contributed by atoms with Crippen LogP contribution in [0, 0.1) is 0 Å². The third-order valence-corrected chi connectivity index (χ3v) is 1.48. The van der Waals surface area contributed by atoms with Crippen LogP contribution in [0.4, 0.5) is 0 Å². The maximum absolute atomic E-state index is 10.0. The summed E-state index contributed by atoms with van der Waals surface area (Å²) in [6, 6.07) is -1.26. The van der Waals surface area contributed by atoms with Crippen molar-refractivity contribution in [3.8, 4) is 0 Å². The second kappa shape index (κ2) is 14.2. The fourth-order valence-corrected chi connectivity index (χ4v) is 0.644. The Morgan fingerprint density at radius 2 is 1.42 bits per heavy atom. The molecule has 0 aromatic heterocycles. The minimum Gasteiger partial charge on any atom is -1.00 e. The van der Waals surface area contributed by atoms with Crippen molar-refractivity contribution in [2.24, 2.45) is 5.73 Å². The molecule has 0 aliphatic heterocycles. The molecule has 0 aliphatic carbocycles. The molecule has 0 radical (unpaired) electrons. The Kier molecular flexibility index (Phi) is 21.3. The molecule has 13 heteroatoms. The van der Waals surface area contributed by atoms with Crippen molar-refractivity contribution < 1.29 is 107 Å². The zero-order valence-electron chi connectivity index (χ0n) is 9.87. The van der Waals surface area contributed by atoms with Crippen LogP contribution in [0.5, 0.6) is 0 Å². The number of carbonyl (C=O) groups excluding carboxylic acids is 1. The van der Waals surface area contributed by atoms with Crippen molar-refractivity contribution in [2.45, 2.75) is 24.4 Å². The fraction of sp³-hybridized carbons (Fsp3) is 0.833. The number of aliphatic hydroxyl groups is 4. The Bertz CT molecular complexity index is 308. The molecule has 10 nitrogen and oxygen atoms in total. The van der Waals surface area contributed by atoms with Gasteiger partial charge in [0, 0.05) is 0 Å². The standard InChI is InChI=1S/C6H13NO5.ClH.K.H2O4S/c7-3(1-8)5(11)6(12)4(10)2-9;;;1-5(2,3)4/h1,3-6,9-12H,2,7H2;1H;;(H2,1,2,3,4)/q;;+1;/p-1/t3-,4+,5+,6+;;;/m0.../s1. The Labute approximate surface area is 158 Å². The smallest absolute Gasteiger partial charge is 1.00 e. The molecule has 0 unspecified atom stereocenters. The first-order valence-electron chi connectivity index (χ1n) is 4.10. The molecule has 19 heavy (non-hydrogen) atoms. The third-order valence-electron chi connectivity index (χ3n) is 1.48. The van der Waals surface area contributed by atoms with Crippen molar-refractivity contribution >= 4 is 16.7 Å². The molecule has 0 amide bonds. The molecule has 112 valence electrons. The number of halogens is 1. The fourth-order valence-electron chi connectivity index (χ4n) is 0.644. The van der Waals surface area contributed by atoms with Crippen molar-refractivity contribution in [2.75, 3.05) is 6.61 Å². The van der Waals surface area contributed by atoms with Crippen LogP contribution in [0.2, 0.25) is 0 Å². The minimum absolute atomic E-state index is 0.